The summed E-state index contributed by atoms with van der Waals surface area (Å²) < 4.78 is 0. The number of hydrogen-bond acceptors (Lipinski definition) is 3. The fourth-order valence-electron chi connectivity index (χ4n) is 1.76. The van der Waals surface area contributed by atoms with Crippen LogP contribution >= 0.6 is 11.6 Å². The highest BCUT2D eigenvalue weighted by Gasteiger charge is 2.19. The van der Waals surface area contributed by atoms with E-state index < -0.39 is 0 Å². The summed E-state index contributed by atoms with van der Waals surface area (Å²) in [5.74, 6) is 0. The zero-order chi connectivity index (χ0) is 9.97. The molecule has 72 valence electrons. The van der Waals surface area contributed by atoms with Crippen molar-refractivity contribution in [3.05, 3.63) is 23.0 Å². The minimum Gasteiger partial charge on any atom is -0.368 e. The number of pyridine rings is 1. The van der Waals surface area contributed by atoms with Gasteiger partial charge in [0.2, 0.25) is 0 Å². The average Bonchev–Trinajstić information content (AvgIpc) is 2.70. The van der Waals surface area contributed by atoms with Gasteiger partial charge in [0, 0.05) is 19.3 Å². The molecule has 4 heteroatoms. The average molecular weight is 208 g/mol. The van der Waals surface area contributed by atoms with Crippen LogP contribution in [0.3, 0.4) is 0 Å². The Hall–Kier alpha value is -1.27. The van der Waals surface area contributed by atoms with E-state index in [9.17, 15) is 0 Å². The first-order valence-electron chi connectivity index (χ1n) is 4.62. The molecule has 3 nitrogen and oxygen atoms in total. The minimum absolute atomic E-state index is 0.436. The van der Waals surface area contributed by atoms with Crippen molar-refractivity contribution in [2.45, 2.75) is 12.8 Å². The maximum absolute atomic E-state index is 8.94. The second kappa shape index (κ2) is 3.85. The number of aromatic nitrogens is 1. The summed E-state index contributed by atoms with van der Waals surface area (Å²) in [7, 11) is 0. The molecule has 2 heterocycles. The summed E-state index contributed by atoms with van der Waals surface area (Å²) in [6.45, 7) is 1.94. The third-order valence-corrected chi connectivity index (χ3v) is 2.70. The SMILES string of the molecule is N#Cc1ccnc(Cl)c1N1CCCC1. The van der Waals surface area contributed by atoms with Gasteiger partial charge in [0.05, 0.1) is 11.3 Å². The minimum atomic E-state index is 0.436. The van der Waals surface area contributed by atoms with Gasteiger partial charge in [-0.15, -0.1) is 0 Å². The first kappa shape index (κ1) is 9.29. The molecule has 0 unspecified atom stereocenters. The van der Waals surface area contributed by atoms with Gasteiger partial charge in [-0.1, -0.05) is 11.6 Å². The molecule has 1 fully saturated rings. The molecule has 14 heavy (non-hydrogen) atoms. The van der Waals surface area contributed by atoms with E-state index in [2.05, 4.69) is 16.0 Å². The summed E-state index contributed by atoms with van der Waals surface area (Å²) in [6.07, 6.45) is 3.90. The topological polar surface area (TPSA) is 39.9 Å². The highest BCUT2D eigenvalue weighted by atomic mass is 35.5. The van der Waals surface area contributed by atoms with Gasteiger partial charge in [-0.2, -0.15) is 5.26 Å². The van der Waals surface area contributed by atoms with Crippen molar-refractivity contribution < 1.29 is 0 Å². The molecule has 1 saturated heterocycles. The Kier molecular flexibility index (Phi) is 2.55. The number of hydrogen-bond donors (Lipinski definition) is 0. The lowest BCUT2D eigenvalue weighted by Gasteiger charge is -2.19. The van der Waals surface area contributed by atoms with Gasteiger partial charge >= 0.3 is 0 Å². The summed E-state index contributed by atoms with van der Waals surface area (Å²) in [5, 5.41) is 9.38. The van der Waals surface area contributed by atoms with Crippen molar-refractivity contribution in [1.82, 2.24) is 4.98 Å². The van der Waals surface area contributed by atoms with Gasteiger partial charge < -0.3 is 4.90 Å². The molecule has 0 bridgehead atoms. The number of anilines is 1. The molecule has 2 rings (SSSR count). The van der Waals surface area contributed by atoms with Crippen LogP contribution in [0.25, 0.3) is 0 Å². The molecule has 0 atom stereocenters. The second-order valence-electron chi connectivity index (χ2n) is 3.30. The monoisotopic (exact) mass is 207 g/mol. The summed E-state index contributed by atoms with van der Waals surface area (Å²) in [4.78, 5) is 6.14. The highest BCUT2D eigenvalue weighted by molar-refractivity contribution is 6.32. The second-order valence-corrected chi connectivity index (χ2v) is 3.66. The van der Waals surface area contributed by atoms with Crippen molar-refractivity contribution in [3.8, 4) is 6.07 Å². The van der Waals surface area contributed by atoms with Crippen LogP contribution in [-0.4, -0.2) is 18.1 Å². The lowest BCUT2D eigenvalue weighted by atomic mass is 10.2. The quantitative estimate of drug-likeness (QED) is 0.663. The number of nitriles is 1. The molecule has 0 aromatic carbocycles. The van der Waals surface area contributed by atoms with Gasteiger partial charge in [0.1, 0.15) is 6.07 Å². The Bertz CT molecular complexity index is 377. The van der Waals surface area contributed by atoms with E-state index in [0.29, 0.717) is 10.7 Å². The predicted molar refractivity (Wildman–Crippen MR) is 55.4 cm³/mol. The fraction of sp³-hybridized carbons (Fsp3) is 0.400. The maximum Gasteiger partial charge on any atom is 0.153 e. The van der Waals surface area contributed by atoms with Crippen LogP contribution in [0.5, 0.6) is 0 Å². The molecular formula is C10H10ClN3. The van der Waals surface area contributed by atoms with E-state index in [-0.39, 0.29) is 0 Å². The van der Waals surface area contributed by atoms with Crippen LogP contribution in [0.2, 0.25) is 5.15 Å². The first-order chi connectivity index (χ1) is 6.83. The Labute approximate surface area is 87.9 Å². The number of nitrogens with zero attached hydrogens (tertiary/aromatic N) is 3. The molecule has 0 saturated carbocycles. The molecule has 1 aromatic rings. The predicted octanol–water partition coefficient (Wildman–Crippen LogP) is 2.21. The Morgan fingerprint density at radius 2 is 2.14 bits per heavy atom. The largest absolute Gasteiger partial charge is 0.368 e. The highest BCUT2D eigenvalue weighted by Crippen LogP contribution is 2.29. The Morgan fingerprint density at radius 1 is 1.43 bits per heavy atom. The van der Waals surface area contributed by atoms with Crippen LogP contribution in [-0.2, 0) is 0 Å². The van der Waals surface area contributed by atoms with E-state index in [1.165, 1.54) is 0 Å². The zero-order valence-electron chi connectivity index (χ0n) is 7.70. The smallest absolute Gasteiger partial charge is 0.153 e. The van der Waals surface area contributed by atoms with Crippen LogP contribution < -0.4 is 4.90 Å². The van der Waals surface area contributed by atoms with E-state index in [4.69, 9.17) is 16.9 Å². The van der Waals surface area contributed by atoms with Gasteiger partial charge in [-0.25, -0.2) is 4.98 Å². The van der Waals surface area contributed by atoms with Gasteiger partial charge in [-0.05, 0) is 18.9 Å². The molecule has 1 aliphatic rings. The van der Waals surface area contributed by atoms with Gasteiger partial charge in [0.25, 0.3) is 0 Å². The molecule has 1 aromatic heterocycles. The molecule has 0 N–H and O–H groups in total. The fourth-order valence-corrected chi connectivity index (χ4v) is 2.04. The van der Waals surface area contributed by atoms with Crippen LogP contribution in [0.4, 0.5) is 5.69 Å². The van der Waals surface area contributed by atoms with E-state index >= 15 is 0 Å². The maximum atomic E-state index is 8.94. The molecular weight excluding hydrogens is 198 g/mol. The van der Waals surface area contributed by atoms with Crippen LogP contribution in [0.15, 0.2) is 12.3 Å². The van der Waals surface area contributed by atoms with Gasteiger partial charge in [-0.3, -0.25) is 0 Å². The van der Waals surface area contributed by atoms with E-state index in [1.807, 2.05) is 0 Å². The summed E-state index contributed by atoms with van der Waals surface area (Å²) in [6, 6.07) is 3.86. The van der Waals surface area contributed by atoms with Crippen molar-refractivity contribution in [3.63, 3.8) is 0 Å². The standard InChI is InChI=1S/C10H10ClN3/c11-10-9(14-5-1-2-6-14)8(7-12)3-4-13-10/h3-4H,1-2,5-6H2. The molecule has 0 radical (unpaired) electrons. The Balaban J connectivity index is 2.44. The zero-order valence-corrected chi connectivity index (χ0v) is 8.46. The normalized spacial score (nSPS) is 15.6. The number of rotatable bonds is 1. The lowest BCUT2D eigenvalue weighted by molar-refractivity contribution is 0.949. The van der Waals surface area contributed by atoms with Crippen molar-refractivity contribution in [1.29, 1.82) is 5.26 Å². The van der Waals surface area contributed by atoms with Crippen molar-refractivity contribution >= 4 is 17.3 Å². The van der Waals surface area contributed by atoms with E-state index in [1.54, 1.807) is 12.3 Å². The summed E-state index contributed by atoms with van der Waals surface area (Å²) >= 11 is 5.98. The third kappa shape index (κ3) is 1.53. The lowest BCUT2D eigenvalue weighted by Crippen LogP contribution is -2.19. The summed E-state index contributed by atoms with van der Waals surface area (Å²) in [5.41, 5.74) is 1.42. The van der Waals surface area contributed by atoms with Crippen LogP contribution in [0.1, 0.15) is 18.4 Å². The van der Waals surface area contributed by atoms with Crippen molar-refractivity contribution in [2.75, 3.05) is 18.0 Å². The Morgan fingerprint density at radius 3 is 2.79 bits per heavy atom. The number of halogens is 1. The molecule has 1 aliphatic heterocycles. The molecule has 0 amide bonds. The van der Waals surface area contributed by atoms with Crippen molar-refractivity contribution in [2.24, 2.45) is 0 Å². The molecule has 0 aliphatic carbocycles. The third-order valence-electron chi connectivity index (χ3n) is 2.42. The first-order valence-corrected chi connectivity index (χ1v) is 5.00. The van der Waals surface area contributed by atoms with Gasteiger partial charge in [0.15, 0.2) is 5.15 Å². The van der Waals surface area contributed by atoms with Crippen LogP contribution in [0, 0.1) is 11.3 Å². The van der Waals surface area contributed by atoms with E-state index in [0.717, 1.165) is 31.6 Å². The molecule has 0 spiro atoms.